The number of methoxy groups -OCH3 is 2. The molecule has 1 aromatic heterocycles. The zero-order valence-corrected chi connectivity index (χ0v) is 21.9. The summed E-state index contributed by atoms with van der Waals surface area (Å²) in [5.74, 6) is 1.69. The molecule has 2 heterocycles. The van der Waals surface area contributed by atoms with Crippen LogP contribution in [0.2, 0.25) is 5.02 Å². The number of benzene rings is 2. The van der Waals surface area contributed by atoms with Crippen molar-refractivity contribution in [2.24, 2.45) is 0 Å². The maximum absolute atomic E-state index is 9.75. The Bertz CT molecular complexity index is 1240. The van der Waals surface area contributed by atoms with Crippen LogP contribution in [0.1, 0.15) is 12.0 Å². The Morgan fingerprint density at radius 2 is 1.91 bits per heavy atom. The first-order valence-electron chi connectivity index (χ1n) is 11.2. The van der Waals surface area contributed by atoms with E-state index in [2.05, 4.69) is 37.2 Å². The zero-order chi connectivity index (χ0) is 24.8. The minimum atomic E-state index is 0.388. The number of fused-ring (bicyclic) bond motifs is 1. The summed E-state index contributed by atoms with van der Waals surface area (Å²) in [7, 11) is 3.14. The van der Waals surface area contributed by atoms with Gasteiger partial charge >= 0.3 is 0 Å². The number of halogens is 2. The van der Waals surface area contributed by atoms with Crippen LogP contribution < -0.4 is 19.5 Å². The summed E-state index contributed by atoms with van der Waals surface area (Å²) in [6.07, 6.45) is 2.43. The zero-order valence-electron chi connectivity index (χ0n) is 19.6. The quantitative estimate of drug-likeness (QED) is 0.348. The SMILES string of the molecule is COc1cc(Nc2c(C#N)cnc3cc(OCCCN4CCOCC4)c(OC)cc23)c(Br)cc1Cl. The number of aromatic nitrogens is 1. The Labute approximate surface area is 217 Å². The van der Waals surface area contributed by atoms with Gasteiger partial charge in [-0.05, 0) is 34.5 Å². The molecule has 1 saturated heterocycles. The van der Waals surface area contributed by atoms with Gasteiger partial charge in [0, 0.05) is 47.8 Å². The largest absolute Gasteiger partial charge is 0.495 e. The Hall–Kier alpha value is -2.77. The number of nitriles is 1. The lowest BCUT2D eigenvalue weighted by Crippen LogP contribution is -2.37. The van der Waals surface area contributed by atoms with Crippen molar-refractivity contribution in [3.05, 3.63) is 45.5 Å². The molecule has 1 fully saturated rings. The summed E-state index contributed by atoms with van der Waals surface area (Å²) in [6.45, 7) is 4.98. The first-order chi connectivity index (χ1) is 17.0. The van der Waals surface area contributed by atoms with Gasteiger partial charge in [0.15, 0.2) is 11.5 Å². The highest BCUT2D eigenvalue weighted by Gasteiger charge is 2.17. The first kappa shape index (κ1) is 25.3. The van der Waals surface area contributed by atoms with Gasteiger partial charge in [-0.3, -0.25) is 9.88 Å². The van der Waals surface area contributed by atoms with Gasteiger partial charge in [0.25, 0.3) is 0 Å². The molecule has 10 heteroatoms. The van der Waals surface area contributed by atoms with Crippen molar-refractivity contribution in [1.82, 2.24) is 9.88 Å². The number of ether oxygens (including phenoxy) is 4. The molecule has 0 amide bonds. The third kappa shape index (κ3) is 5.90. The summed E-state index contributed by atoms with van der Waals surface area (Å²) in [5, 5.41) is 14.3. The lowest BCUT2D eigenvalue weighted by atomic mass is 10.1. The summed E-state index contributed by atoms with van der Waals surface area (Å²) < 4.78 is 23.1. The van der Waals surface area contributed by atoms with Crippen molar-refractivity contribution in [2.75, 3.05) is 59.0 Å². The number of hydrogen-bond acceptors (Lipinski definition) is 8. The number of nitrogens with one attached hydrogen (secondary N) is 1. The minimum Gasteiger partial charge on any atom is -0.495 e. The number of morpholine rings is 1. The second-order valence-corrected chi connectivity index (χ2v) is 9.19. The fourth-order valence-corrected chi connectivity index (χ4v) is 4.72. The molecule has 3 aromatic rings. The van der Waals surface area contributed by atoms with Crippen molar-refractivity contribution in [3.8, 4) is 23.3 Å². The van der Waals surface area contributed by atoms with Crippen molar-refractivity contribution < 1.29 is 18.9 Å². The standard InChI is InChI=1S/C25H26BrClN4O4/c1-32-22-13-21(18(26)11-19(22)27)30-25-16(14-28)15-29-20-12-24(23(33-2)10-17(20)25)35-7-3-4-31-5-8-34-9-6-31/h10-13,15H,3-9H2,1-2H3,(H,29,30). The summed E-state index contributed by atoms with van der Waals surface area (Å²) in [6, 6.07) is 9.39. The van der Waals surface area contributed by atoms with Crippen molar-refractivity contribution in [3.63, 3.8) is 0 Å². The van der Waals surface area contributed by atoms with Crippen LogP contribution in [0, 0.1) is 11.3 Å². The second kappa shape index (κ2) is 11.8. The topological polar surface area (TPSA) is 88.9 Å². The van der Waals surface area contributed by atoms with Gasteiger partial charge in [0.2, 0.25) is 0 Å². The highest BCUT2D eigenvalue weighted by molar-refractivity contribution is 9.10. The van der Waals surface area contributed by atoms with Gasteiger partial charge < -0.3 is 24.3 Å². The molecule has 1 N–H and O–H groups in total. The molecular weight excluding hydrogens is 536 g/mol. The average molecular weight is 562 g/mol. The Morgan fingerprint density at radius 1 is 1.14 bits per heavy atom. The monoisotopic (exact) mass is 560 g/mol. The summed E-state index contributed by atoms with van der Waals surface area (Å²) in [4.78, 5) is 6.86. The van der Waals surface area contributed by atoms with E-state index in [1.165, 1.54) is 0 Å². The molecule has 0 bridgehead atoms. The summed E-state index contributed by atoms with van der Waals surface area (Å²) >= 11 is 9.75. The van der Waals surface area contributed by atoms with E-state index in [4.69, 9.17) is 30.5 Å². The lowest BCUT2D eigenvalue weighted by molar-refractivity contribution is 0.0357. The van der Waals surface area contributed by atoms with Crippen LogP contribution in [-0.4, -0.2) is 63.6 Å². The molecular formula is C25H26BrClN4O4. The Kier molecular flexibility index (Phi) is 8.52. The van der Waals surface area contributed by atoms with Crippen LogP contribution in [0.4, 0.5) is 11.4 Å². The van der Waals surface area contributed by atoms with Gasteiger partial charge in [0.1, 0.15) is 11.8 Å². The maximum Gasteiger partial charge on any atom is 0.163 e. The number of anilines is 2. The van der Waals surface area contributed by atoms with Gasteiger partial charge in [-0.15, -0.1) is 0 Å². The molecule has 0 atom stereocenters. The average Bonchev–Trinajstić information content (AvgIpc) is 2.88. The number of nitrogens with zero attached hydrogens (tertiary/aromatic N) is 3. The molecule has 0 unspecified atom stereocenters. The van der Waals surface area contributed by atoms with E-state index < -0.39 is 0 Å². The fourth-order valence-electron chi connectivity index (χ4n) is 3.90. The number of pyridine rings is 1. The molecule has 35 heavy (non-hydrogen) atoms. The van der Waals surface area contributed by atoms with Crippen LogP contribution in [0.25, 0.3) is 10.9 Å². The first-order valence-corrected chi connectivity index (χ1v) is 12.3. The molecule has 4 rings (SSSR count). The molecule has 1 aliphatic heterocycles. The lowest BCUT2D eigenvalue weighted by Gasteiger charge is -2.26. The Balaban J connectivity index is 1.60. The van der Waals surface area contributed by atoms with Crippen molar-refractivity contribution in [1.29, 1.82) is 5.26 Å². The van der Waals surface area contributed by atoms with Gasteiger partial charge in [0.05, 0.1) is 61.5 Å². The predicted octanol–water partition coefficient (Wildman–Crippen LogP) is 5.38. The highest BCUT2D eigenvalue weighted by atomic mass is 79.9. The predicted molar refractivity (Wildman–Crippen MR) is 139 cm³/mol. The van der Waals surface area contributed by atoms with E-state index in [9.17, 15) is 5.26 Å². The van der Waals surface area contributed by atoms with Crippen molar-refractivity contribution >= 4 is 49.8 Å². The number of hydrogen-bond donors (Lipinski definition) is 1. The third-order valence-electron chi connectivity index (χ3n) is 5.75. The molecule has 0 spiro atoms. The fraction of sp³-hybridized carbons (Fsp3) is 0.360. The summed E-state index contributed by atoms with van der Waals surface area (Å²) in [5.41, 5.74) is 2.35. The van der Waals surface area contributed by atoms with E-state index in [1.54, 1.807) is 32.5 Å². The molecule has 0 aliphatic carbocycles. The third-order valence-corrected chi connectivity index (χ3v) is 6.71. The molecule has 0 radical (unpaired) electrons. The van der Waals surface area contributed by atoms with Crippen LogP contribution in [0.3, 0.4) is 0 Å². The molecule has 8 nitrogen and oxygen atoms in total. The Morgan fingerprint density at radius 3 is 2.63 bits per heavy atom. The minimum absolute atomic E-state index is 0.388. The highest BCUT2D eigenvalue weighted by Crippen LogP contribution is 2.40. The van der Waals surface area contributed by atoms with E-state index in [0.717, 1.165) is 49.1 Å². The molecule has 1 aliphatic rings. The smallest absolute Gasteiger partial charge is 0.163 e. The van der Waals surface area contributed by atoms with E-state index >= 15 is 0 Å². The number of rotatable bonds is 9. The maximum atomic E-state index is 9.75. The molecule has 0 saturated carbocycles. The van der Waals surface area contributed by atoms with Crippen LogP contribution in [0.15, 0.2) is 34.9 Å². The van der Waals surface area contributed by atoms with Gasteiger partial charge in [-0.25, -0.2) is 0 Å². The van der Waals surface area contributed by atoms with E-state index in [0.29, 0.717) is 51.3 Å². The normalized spacial score (nSPS) is 13.9. The second-order valence-electron chi connectivity index (χ2n) is 7.93. The van der Waals surface area contributed by atoms with Crippen LogP contribution in [0.5, 0.6) is 17.2 Å². The van der Waals surface area contributed by atoms with Gasteiger partial charge in [-0.1, -0.05) is 11.6 Å². The van der Waals surface area contributed by atoms with Crippen LogP contribution >= 0.6 is 27.5 Å². The van der Waals surface area contributed by atoms with E-state index in [-0.39, 0.29) is 0 Å². The van der Waals surface area contributed by atoms with Gasteiger partial charge in [-0.2, -0.15) is 5.26 Å². The molecule has 2 aromatic carbocycles. The van der Waals surface area contributed by atoms with Crippen LogP contribution in [-0.2, 0) is 4.74 Å². The van der Waals surface area contributed by atoms with E-state index in [1.807, 2.05) is 12.1 Å². The van der Waals surface area contributed by atoms with Crippen molar-refractivity contribution in [2.45, 2.75) is 6.42 Å². The molecule has 184 valence electrons.